The van der Waals surface area contributed by atoms with E-state index in [-0.39, 0.29) is 11.3 Å². The van der Waals surface area contributed by atoms with Crippen molar-refractivity contribution in [3.05, 3.63) is 20.7 Å². The maximum Gasteiger partial charge on any atom is 0.258 e. The second-order valence-electron chi connectivity index (χ2n) is 4.34. The van der Waals surface area contributed by atoms with Crippen LogP contribution in [0.2, 0.25) is 0 Å². The van der Waals surface area contributed by atoms with Crippen LogP contribution in [0.3, 0.4) is 0 Å². The van der Waals surface area contributed by atoms with Crippen LogP contribution in [0.5, 0.6) is 0 Å². The number of hydrogen-bond donors (Lipinski definition) is 1. The van der Waals surface area contributed by atoms with Crippen molar-refractivity contribution in [3.8, 4) is 0 Å². The van der Waals surface area contributed by atoms with Crippen molar-refractivity contribution in [3.63, 3.8) is 0 Å². The zero-order valence-corrected chi connectivity index (χ0v) is 9.15. The summed E-state index contributed by atoms with van der Waals surface area (Å²) in [5, 5.41) is 1.15. The van der Waals surface area contributed by atoms with Crippen molar-refractivity contribution in [2.45, 2.75) is 20.3 Å². The van der Waals surface area contributed by atoms with Crippen LogP contribution in [0.1, 0.15) is 29.9 Å². The maximum atomic E-state index is 11.0. The van der Waals surface area contributed by atoms with E-state index in [4.69, 9.17) is 5.73 Å². The number of rotatable bonds is 1. The number of nitrogens with two attached hydrogens (primary N) is 1. The second-order valence-corrected chi connectivity index (χ2v) is 5.42. The minimum Gasteiger partial charge on any atom is -0.365 e. The van der Waals surface area contributed by atoms with Crippen molar-refractivity contribution in [1.29, 1.82) is 0 Å². The van der Waals surface area contributed by atoms with E-state index >= 15 is 0 Å². The first-order chi connectivity index (χ1) is 6.48. The second kappa shape index (κ2) is 2.95. The molecule has 2 nitrogen and oxygen atoms in total. The third kappa shape index (κ3) is 1.60. The van der Waals surface area contributed by atoms with Gasteiger partial charge in [0.25, 0.3) is 5.91 Å². The van der Waals surface area contributed by atoms with Gasteiger partial charge in [-0.05, 0) is 23.1 Å². The SMILES string of the molecule is CC1(C)C=c2cc(C(N)=O)sc2=CC1. The molecule has 0 unspecified atom stereocenters. The smallest absolute Gasteiger partial charge is 0.258 e. The minimum absolute atomic E-state index is 0.197. The summed E-state index contributed by atoms with van der Waals surface area (Å²) in [6.45, 7) is 4.38. The molecule has 0 saturated heterocycles. The minimum atomic E-state index is -0.330. The van der Waals surface area contributed by atoms with Gasteiger partial charge in [-0.2, -0.15) is 0 Å². The van der Waals surface area contributed by atoms with Gasteiger partial charge in [-0.25, -0.2) is 0 Å². The van der Waals surface area contributed by atoms with E-state index < -0.39 is 0 Å². The molecule has 1 aliphatic rings. The third-order valence-electron chi connectivity index (χ3n) is 2.39. The molecule has 0 atom stereocenters. The van der Waals surface area contributed by atoms with E-state index in [1.54, 1.807) is 0 Å². The number of thiophene rings is 1. The molecule has 1 heterocycles. The first-order valence-electron chi connectivity index (χ1n) is 4.61. The van der Waals surface area contributed by atoms with Crippen LogP contribution in [0.25, 0.3) is 12.2 Å². The predicted octanol–water partition coefficient (Wildman–Crippen LogP) is 0.838. The topological polar surface area (TPSA) is 43.1 Å². The molecule has 0 saturated carbocycles. The largest absolute Gasteiger partial charge is 0.365 e. The summed E-state index contributed by atoms with van der Waals surface area (Å²) in [5.41, 5.74) is 5.43. The number of fused-ring (bicyclic) bond motifs is 1. The standard InChI is InChI=1S/C11H13NOS/c1-11(2)4-3-8-7(6-11)5-9(14-8)10(12)13/h3,5-6H,4H2,1-2H3,(H2,12,13). The molecule has 0 fully saturated rings. The molecular formula is C11H13NOS. The quantitative estimate of drug-likeness (QED) is 0.728. The summed E-state index contributed by atoms with van der Waals surface area (Å²) in [5.74, 6) is -0.330. The molecule has 1 aromatic rings. The molecule has 1 amide bonds. The Morgan fingerprint density at radius 3 is 2.93 bits per heavy atom. The summed E-state index contributed by atoms with van der Waals surface area (Å²) >= 11 is 1.48. The lowest BCUT2D eigenvalue weighted by Gasteiger charge is -2.19. The van der Waals surface area contributed by atoms with E-state index in [1.807, 2.05) is 6.07 Å². The van der Waals surface area contributed by atoms with E-state index in [0.717, 1.165) is 11.6 Å². The fraction of sp³-hybridized carbons (Fsp3) is 0.364. The highest BCUT2D eigenvalue weighted by Gasteiger charge is 2.17. The van der Waals surface area contributed by atoms with Crippen LogP contribution >= 0.6 is 11.3 Å². The lowest BCUT2D eigenvalue weighted by atomic mass is 9.86. The molecule has 3 heteroatoms. The highest BCUT2D eigenvalue weighted by Crippen LogP contribution is 2.24. The van der Waals surface area contributed by atoms with Crippen molar-refractivity contribution in [1.82, 2.24) is 0 Å². The summed E-state index contributed by atoms with van der Waals surface area (Å²) in [4.78, 5) is 11.6. The normalized spacial score (nSPS) is 17.9. The van der Waals surface area contributed by atoms with Gasteiger partial charge in [0.2, 0.25) is 0 Å². The van der Waals surface area contributed by atoms with Crippen molar-refractivity contribution >= 4 is 29.4 Å². The Hall–Kier alpha value is -1.09. The van der Waals surface area contributed by atoms with Crippen LogP contribution in [0.15, 0.2) is 6.07 Å². The zero-order chi connectivity index (χ0) is 10.3. The highest BCUT2D eigenvalue weighted by atomic mass is 32.1. The fourth-order valence-corrected chi connectivity index (χ4v) is 2.57. The number of amides is 1. The number of primary amides is 1. The van der Waals surface area contributed by atoms with Crippen molar-refractivity contribution < 1.29 is 4.79 Å². The molecule has 0 aromatic carbocycles. The summed E-state index contributed by atoms with van der Waals surface area (Å²) in [6, 6.07) is 1.89. The van der Waals surface area contributed by atoms with E-state index in [0.29, 0.717) is 4.88 Å². The van der Waals surface area contributed by atoms with Gasteiger partial charge in [0.05, 0.1) is 4.88 Å². The molecule has 74 valence electrons. The number of hydrogen-bond acceptors (Lipinski definition) is 2. The van der Waals surface area contributed by atoms with E-state index in [2.05, 4.69) is 26.0 Å². The van der Waals surface area contributed by atoms with Gasteiger partial charge in [0.1, 0.15) is 0 Å². The lowest BCUT2D eigenvalue weighted by Crippen LogP contribution is -2.27. The zero-order valence-electron chi connectivity index (χ0n) is 8.33. The molecule has 0 radical (unpaired) electrons. The fourth-order valence-electron chi connectivity index (χ4n) is 1.65. The first kappa shape index (κ1) is 9.46. The molecule has 2 N–H and O–H groups in total. The first-order valence-corrected chi connectivity index (χ1v) is 5.42. The molecule has 1 aliphatic carbocycles. The third-order valence-corrected chi connectivity index (χ3v) is 3.55. The van der Waals surface area contributed by atoms with Crippen molar-refractivity contribution in [2.75, 3.05) is 0 Å². The van der Waals surface area contributed by atoms with Crippen LogP contribution in [-0.2, 0) is 0 Å². The van der Waals surface area contributed by atoms with Crippen LogP contribution in [0, 0.1) is 5.41 Å². The average molecular weight is 207 g/mol. The van der Waals surface area contributed by atoms with Crippen LogP contribution < -0.4 is 15.5 Å². The molecule has 0 aliphatic heterocycles. The van der Waals surface area contributed by atoms with Gasteiger partial charge in [0, 0.05) is 4.53 Å². The van der Waals surface area contributed by atoms with Gasteiger partial charge in [-0.1, -0.05) is 26.0 Å². The summed E-state index contributed by atoms with van der Waals surface area (Å²) in [7, 11) is 0. The lowest BCUT2D eigenvalue weighted by molar-refractivity contribution is 0.100. The van der Waals surface area contributed by atoms with Gasteiger partial charge >= 0.3 is 0 Å². The Balaban J connectivity index is 2.64. The average Bonchev–Trinajstić information content (AvgIpc) is 2.45. The predicted molar refractivity (Wildman–Crippen MR) is 59.4 cm³/mol. The molecule has 1 aromatic heterocycles. The molecule has 14 heavy (non-hydrogen) atoms. The Morgan fingerprint density at radius 2 is 2.29 bits per heavy atom. The Bertz CT molecular complexity index is 496. The van der Waals surface area contributed by atoms with E-state index in [1.165, 1.54) is 15.9 Å². The maximum absolute atomic E-state index is 11.0. The van der Waals surface area contributed by atoms with Gasteiger partial charge in [0.15, 0.2) is 0 Å². The monoisotopic (exact) mass is 207 g/mol. The Morgan fingerprint density at radius 1 is 1.57 bits per heavy atom. The summed E-state index contributed by atoms with van der Waals surface area (Å²) in [6.07, 6.45) is 5.43. The van der Waals surface area contributed by atoms with Gasteiger partial charge in [-0.15, -0.1) is 11.3 Å². The molecule has 0 bridgehead atoms. The van der Waals surface area contributed by atoms with Gasteiger partial charge in [-0.3, -0.25) is 4.79 Å². The number of carbonyl (C=O) groups excluding carboxylic acids is 1. The Labute approximate surface area is 86.7 Å². The molecular weight excluding hydrogens is 194 g/mol. The molecule has 0 spiro atoms. The number of carbonyl (C=O) groups is 1. The van der Waals surface area contributed by atoms with Crippen LogP contribution in [-0.4, -0.2) is 5.91 Å². The van der Waals surface area contributed by atoms with Gasteiger partial charge < -0.3 is 5.73 Å². The molecule has 2 rings (SSSR count). The van der Waals surface area contributed by atoms with E-state index in [9.17, 15) is 4.79 Å². The Kier molecular flexibility index (Phi) is 2.00. The van der Waals surface area contributed by atoms with Crippen molar-refractivity contribution in [2.24, 2.45) is 11.1 Å². The highest BCUT2D eigenvalue weighted by molar-refractivity contribution is 7.11. The van der Waals surface area contributed by atoms with Crippen LogP contribution in [0.4, 0.5) is 0 Å². The summed E-state index contributed by atoms with van der Waals surface area (Å²) < 4.78 is 1.18.